The third-order valence-corrected chi connectivity index (χ3v) is 6.32. The molecule has 0 bridgehead atoms. The predicted octanol–water partition coefficient (Wildman–Crippen LogP) is 3.46. The fraction of sp³-hybridized carbons (Fsp3) is 0.263. The SMILES string of the molecule is CCC1c2nn[se]c2C(c2ccccc2)NC1c1ccccc1. The van der Waals surface area contributed by atoms with Crippen LogP contribution >= 0.6 is 0 Å². The molecule has 116 valence electrons. The Bertz CT molecular complexity index is 770. The number of hydrogen-bond acceptors (Lipinski definition) is 3. The minimum absolute atomic E-state index is 0.123. The Morgan fingerprint density at radius 3 is 2.26 bits per heavy atom. The topological polar surface area (TPSA) is 37.8 Å². The first-order valence-electron chi connectivity index (χ1n) is 8.06. The van der Waals surface area contributed by atoms with Crippen molar-refractivity contribution >= 4 is 14.7 Å². The maximum absolute atomic E-state index is 4.55. The first-order chi connectivity index (χ1) is 11.4. The summed E-state index contributed by atoms with van der Waals surface area (Å²) in [7, 11) is 0. The maximum atomic E-state index is 4.55. The number of aromatic nitrogens is 2. The van der Waals surface area contributed by atoms with E-state index in [4.69, 9.17) is 0 Å². The Morgan fingerprint density at radius 1 is 0.957 bits per heavy atom. The summed E-state index contributed by atoms with van der Waals surface area (Å²) in [5.41, 5.74) is 3.88. The third kappa shape index (κ3) is 2.67. The fourth-order valence-corrected chi connectivity index (χ4v) is 5.21. The van der Waals surface area contributed by atoms with Crippen LogP contribution in [0.2, 0.25) is 0 Å². The molecule has 3 aromatic rings. The third-order valence-electron chi connectivity index (χ3n) is 4.63. The van der Waals surface area contributed by atoms with Gasteiger partial charge in [-0.25, -0.2) is 0 Å². The Labute approximate surface area is 142 Å². The Hall–Kier alpha value is -1.74. The average molecular weight is 368 g/mol. The molecule has 1 aliphatic heterocycles. The minimum atomic E-state index is 0.123. The van der Waals surface area contributed by atoms with E-state index in [9.17, 15) is 0 Å². The molecular formula is C19H19N3Se. The van der Waals surface area contributed by atoms with Gasteiger partial charge in [-0.15, -0.1) is 0 Å². The molecule has 2 heterocycles. The van der Waals surface area contributed by atoms with Crippen LogP contribution in [0.3, 0.4) is 0 Å². The molecule has 4 rings (SSSR count). The normalized spacial score (nSPS) is 23.4. The second-order valence-corrected chi connectivity index (χ2v) is 7.58. The van der Waals surface area contributed by atoms with Crippen LogP contribution in [0, 0.1) is 0 Å². The molecule has 0 aliphatic carbocycles. The van der Waals surface area contributed by atoms with Gasteiger partial charge in [0.05, 0.1) is 0 Å². The molecule has 1 aromatic heterocycles. The van der Waals surface area contributed by atoms with Crippen molar-refractivity contribution in [1.29, 1.82) is 0 Å². The summed E-state index contributed by atoms with van der Waals surface area (Å²) in [4.78, 5) is 0. The van der Waals surface area contributed by atoms with Crippen molar-refractivity contribution < 1.29 is 0 Å². The van der Waals surface area contributed by atoms with E-state index in [0.29, 0.717) is 5.92 Å². The van der Waals surface area contributed by atoms with Crippen molar-refractivity contribution in [2.24, 2.45) is 0 Å². The summed E-state index contributed by atoms with van der Waals surface area (Å²) in [6.45, 7) is 2.25. The average Bonchev–Trinajstić information content (AvgIpc) is 3.11. The van der Waals surface area contributed by atoms with Crippen LogP contribution in [0.5, 0.6) is 0 Å². The van der Waals surface area contributed by atoms with Crippen molar-refractivity contribution in [3.8, 4) is 0 Å². The Kier molecular flexibility index (Phi) is 4.13. The number of nitrogens with zero attached hydrogens (tertiary/aromatic N) is 2. The van der Waals surface area contributed by atoms with Gasteiger partial charge < -0.3 is 0 Å². The molecule has 3 unspecified atom stereocenters. The molecule has 0 amide bonds. The van der Waals surface area contributed by atoms with Gasteiger partial charge >= 0.3 is 143 Å². The quantitative estimate of drug-likeness (QED) is 0.720. The van der Waals surface area contributed by atoms with Crippen LogP contribution in [0.25, 0.3) is 0 Å². The van der Waals surface area contributed by atoms with E-state index >= 15 is 0 Å². The first kappa shape index (κ1) is 14.8. The van der Waals surface area contributed by atoms with Gasteiger partial charge in [-0.3, -0.25) is 0 Å². The van der Waals surface area contributed by atoms with E-state index in [0.717, 1.165) is 6.42 Å². The summed E-state index contributed by atoms with van der Waals surface area (Å²) in [6, 6.07) is 21.9. The van der Waals surface area contributed by atoms with E-state index < -0.39 is 0 Å². The van der Waals surface area contributed by atoms with Gasteiger partial charge in [-0.1, -0.05) is 0 Å². The molecule has 2 aromatic carbocycles. The second-order valence-electron chi connectivity index (χ2n) is 5.94. The molecule has 0 radical (unpaired) electrons. The summed E-state index contributed by atoms with van der Waals surface area (Å²) in [6.07, 6.45) is 1.07. The number of nitrogens with one attached hydrogen (secondary N) is 1. The van der Waals surface area contributed by atoms with Crippen molar-refractivity contribution in [3.05, 3.63) is 81.9 Å². The van der Waals surface area contributed by atoms with Crippen molar-refractivity contribution in [3.63, 3.8) is 0 Å². The van der Waals surface area contributed by atoms with Gasteiger partial charge in [0.25, 0.3) is 0 Å². The molecule has 23 heavy (non-hydrogen) atoms. The van der Waals surface area contributed by atoms with Crippen LogP contribution in [0.15, 0.2) is 60.7 Å². The molecule has 0 saturated heterocycles. The van der Waals surface area contributed by atoms with Crippen molar-refractivity contribution in [1.82, 2.24) is 14.5 Å². The van der Waals surface area contributed by atoms with Crippen LogP contribution in [0.1, 0.15) is 52.6 Å². The Morgan fingerprint density at radius 2 is 1.61 bits per heavy atom. The number of fused-ring (bicyclic) bond motifs is 1. The first-order valence-corrected chi connectivity index (χ1v) is 9.69. The van der Waals surface area contributed by atoms with Gasteiger partial charge in [-0.2, -0.15) is 0 Å². The molecule has 0 fully saturated rings. The Balaban J connectivity index is 1.81. The van der Waals surface area contributed by atoms with Gasteiger partial charge in [0.1, 0.15) is 0 Å². The van der Waals surface area contributed by atoms with Crippen molar-refractivity contribution in [2.75, 3.05) is 0 Å². The van der Waals surface area contributed by atoms with E-state index in [2.05, 4.69) is 82.1 Å². The van der Waals surface area contributed by atoms with E-state index in [1.165, 1.54) is 21.3 Å². The zero-order valence-corrected chi connectivity index (χ0v) is 14.7. The van der Waals surface area contributed by atoms with Gasteiger partial charge in [0.15, 0.2) is 0 Å². The molecule has 1 aliphatic rings. The van der Waals surface area contributed by atoms with Gasteiger partial charge in [-0.05, 0) is 0 Å². The van der Waals surface area contributed by atoms with Crippen molar-refractivity contribution in [2.45, 2.75) is 31.3 Å². The van der Waals surface area contributed by atoms with E-state index in [1.807, 2.05) is 0 Å². The van der Waals surface area contributed by atoms with E-state index in [-0.39, 0.29) is 26.8 Å². The standard InChI is InChI=1S/C19H19N3Se/c1-2-15-16(13-9-5-3-6-10-13)20-17(14-11-7-4-8-12-14)19-18(15)21-22-23-19/h3-12,15-17,20H,2H2,1H3. The molecule has 1 N–H and O–H groups in total. The summed E-state index contributed by atoms with van der Waals surface area (Å²) < 4.78 is 5.81. The van der Waals surface area contributed by atoms with Crippen LogP contribution in [-0.4, -0.2) is 23.9 Å². The fourth-order valence-electron chi connectivity index (χ4n) is 3.50. The zero-order chi connectivity index (χ0) is 15.6. The molecule has 3 nitrogen and oxygen atoms in total. The van der Waals surface area contributed by atoms with Crippen LogP contribution in [0.4, 0.5) is 0 Å². The molecular weight excluding hydrogens is 349 g/mol. The summed E-state index contributed by atoms with van der Waals surface area (Å²) >= 11 is 0.123. The summed E-state index contributed by atoms with van der Waals surface area (Å²) in [5.74, 6) is 0.403. The van der Waals surface area contributed by atoms with Crippen LogP contribution < -0.4 is 5.32 Å². The predicted molar refractivity (Wildman–Crippen MR) is 92.6 cm³/mol. The molecule has 0 spiro atoms. The van der Waals surface area contributed by atoms with Gasteiger partial charge in [0.2, 0.25) is 0 Å². The van der Waals surface area contributed by atoms with Gasteiger partial charge in [0, 0.05) is 0 Å². The zero-order valence-electron chi connectivity index (χ0n) is 13.0. The molecule has 0 saturated carbocycles. The summed E-state index contributed by atoms with van der Waals surface area (Å²) in [5, 5.41) is 8.45. The molecule has 3 atom stereocenters. The number of rotatable bonds is 3. The van der Waals surface area contributed by atoms with E-state index in [1.54, 1.807) is 0 Å². The number of hydrogen-bond donors (Lipinski definition) is 1. The molecule has 4 heteroatoms. The monoisotopic (exact) mass is 369 g/mol. The second kappa shape index (κ2) is 6.40. The number of benzene rings is 2. The van der Waals surface area contributed by atoms with Crippen LogP contribution in [-0.2, 0) is 0 Å².